The lowest BCUT2D eigenvalue weighted by molar-refractivity contribution is 0.305. The van der Waals surface area contributed by atoms with Crippen molar-refractivity contribution in [3.8, 4) is 5.75 Å². The summed E-state index contributed by atoms with van der Waals surface area (Å²) in [5, 5.41) is 0. The molecule has 0 aliphatic rings. The third kappa shape index (κ3) is 4.28. The number of nitrogens with two attached hydrogens (primary N) is 1. The fourth-order valence-corrected chi connectivity index (χ4v) is 1.25. The Balaban J connectivity index is 2.15. The summed E-state index contributed by atoms with van der Waals surface area (Å²) in [7, 11) is 0. The number of unbranched alkanes of at least 4 members (excludes halogenated alkanes) is 2. The van der Waals surface area contributed by atoms with E-state index in [-0.39, 0.29) is 0 Å². The normalized spacial score (nSPS) is 10.1. The highest BCUT2D eigenvalue weighted by Crippen LogP contribution is 2.11. The van der Waals surface area contributed by atoms with Gasteiger partial charge in [0.2, 0.25) is 0 Å². The van der Waals surface area contributed by atoms with Crippen LogP contribution in [0, 0.1) is 6.92 Å². The van der Waals surface area contributed by atoms with E-state index >= 15 is 0 Å². The van der Waals surface area contributed by atoms with Crippen LogP contribution in [0.3, 0.4) is 0 Å². The molecular weight excluding hydrogens is 174 g/mol. The van der Waals surface area contributed by atoms with Gasteiger partial charge in [0.1, 0.15) is 5.75 Å². The summed E-state index contributed by atoms with van der Waals surface area (Å²) >= 11 is 0. The van der Waals surface area contributed by atoms with Gasteiger partial charge in [-0.25, -0.2) is 0 Å². The smallest absolute Gasteiger partial charge is 0.119 e. The van der Waals surface area contributed by atoms with Crippen LogP contribution in [0.5, 0.6) is 5.75 Å². The molecule has 2 N–H and O–H groups in total. The summed E-state index contributed by atoms with van der Waals surface area (Å²) in [5.41, 5.74) is 6.66. The summed E-state index contributed by atoms with van der Waals surface area (Å²) < 4.78 is 5.57. The lowest BCUT2D eigenvalue weighted by Gasteiger charge is -2.05. The van der Waals surface area contributed by atoms with Gasteiger partial charge >= 0.3 is 0 Å². The average molecular weight is 193 g/mol. The van der Waals surface area contributed by atoms with Crippen molar-refractivity contribution in [3.63, 3.8) is 0 Å². The van der Waals surface area contributed by atoms with Crippen molar-refractivity contribution in [1.29, 1.82) is 0 Å². The number of ether oxygens (including phenoxy) is 1. The molecule has 0 aliphatic carbocycles. The Bertz CT molecular complexity index is 243. The molecule has 1 aromatic rings. The molecule has 0 fully saturated rings. The minimum absolute atomic E-state index is 0.782. The number of benzene rings is 1. The van der Waals surface area contributed by atoms with E-state index in [0.29, 0.717) is 0 Å². The Hall–Kier alpha value is -1.02. The molecule has 0 aliphatic heterocycles. The molecule has 1 rings (SSSR count). The van der Waals surface area contributed by atoms with E-state index in [1.54, 1.807) is 0 Å². The standard InChI is InChI=1S/C12H19NO/c1-11-5-7-12(8-6-11)14-10-4-2-3-9-13/h5-8H,2-4,9-10,13H2,1H3. The largest absolute Gasteiger partial charge is 0.494 e. The van der Waals surface area contributed by atoms with Crippen molar-refractivity contribution >= 4 is 0 Å². The van der Waals surface area contributed by atoms with Crippen molar-refractivity contribution < 1.29 is 4.74 Å². The summed E-state index contributed by atoms with van der Waals surface area (Å²) in [6.07, 6.45) is 3.34. The Morgan fingerprint density at radius 1 is 1.07 bits per heavy atom. The van der Waals surface area contributed by atoms with Gasteiger partial charge < -0.3 is 10.5 Å². The van der Waals surface area contributed by atoms with Crippen molar-refractivity contribution in [1.82, 2.24) is 0 Å². The first-order valence-corrected chi connectivity index (χ1v) is 5.22. The Morgan fingerprint density at radius 2 is 1.79 bits per heavy atom. The molecule has 0 amide bonds. The SMILES string of the molecule is Cc1ccc(OCCCCCN)cc1. The van der Waals surface area contributed by atoms with E-state index in [9.17, 15) is 0 Å². The van der Waals surface area contributed by atoms with Gasteiger partial charge in [-0.15, -0.1) is 0 Å². The molecule has 2 nitrogen and oxygen atoms in total. The molecule has 0 unspecified atom stereocenters. The van der Waals surface area contributed by atoms with Gasteiger partial charge in [0.15, 0.2) is 0 Å². The summed E-state index contributed by atoms with van der Waals surface area (Å²) in [6.45, 7) is 3.65. The number of aryl methyl sites for hydroxylation is 1. The second-order valence-electron chi connectivity index (χ2n) is 3.51. The molecule has 1 aromatic carbocycles. The van der Waals surface area contributed by atoms with Gasteiger partial charge in [-0.2, -0.15) is 0 Å². The molecule has 0 saturated heterocycles. The fraction of sp³-hybridized carbons (Fsp3) is 0.500. The average Bonchev–Trinajstić information content (AvgIpc) is 2.21. The topological polar surface area (TPSA) is 35.2 Å². The Morgan fingerprint density at radius 3 is 2.43 bits per heavy atom. The van der Waals surface area contributed by atoms with Gasteiger partial charge in [-0.05, 0) is 44.9 Å². The van der Waals surface area contributed by atoms with Crippen LogP contribution in [0.25, 0.3) is 0 Å². The van der Waals surface area contributed by atoms with Crippen LogP contribution in [-0.4, -0.2) is 13.2 Å². The molecule has 0 heterocycles. The second-order valence-corrected chi connectivity index (χ2v) is 3.51. The van der Waals surface area contributed by atoms with Gasteiger partial charge in [-0.3, -0.25) is 0 Å². The van der Waals surface area contributed by atoms with E-state index in [0.717, 1.165) is 38.2 Å². The first-order valence-electron chi connectivity index (χ1n) is 5.22. The lowest BCUT2D eigenvalue weighted by Crippen LogP contribution is -2.01. The minimum Gasteiger partial charge on any atom is -0.494 e. The summed E-state index contributed by atoms with van der Waals surface area (Å²) in [5.74, 6) is 0.961. The zero-order valence-electron chi connectivity index (χ0n) is 8.83. The van der Waals surface area contributed by atoms with E-state index < -0.39 is 0 Å². The second kappa shape index (κ2) is 6.44. The van der Waals surface area contributed by atoms with Crippen LogP contribution in [0.1, 0.15) is 24.8 Å². The van der Waals surface area contributed by atoms with Crippen LogP contribution in [0.4, 0.5) is 0 Å². The molecule has 0 saturated carbocycles. The van der Waals surface area contributed by atoms with Gasteiger partial charge in [0.05, 0.1) is 6.61 Å². The zero-order chi connectivity index (χ0) is 10.2. The molecule has 0 atom stereocenters. The minimum atomic E-state index is 0.782. The van der Waals surface area contributed by atoms with Crippen LogP contribution in [-0.2, 0) is 0 Å². The summed E-state index contributed by atoms with van der Waals surface area (Å²) in [6, 6.07) is 8.15. The van der Waals surface area contributed by atoms with Crippen LogP contribution < -0.4 is 10.5 Å². The predicted octanol–water partition coefficient (Wildman–Crippen LogP) is 2.50. The van der Waals surface area contributed by atoms with E-state index in [1.165, 1.54) is 5.56 Å². The van der Waals surface area contributed by atoms with Crippen molar-refractivity contribution in [3.05, 3.63) is 29.8 Å². The first-order chi connectivity index (χ1) is 6.83. The predicted molar refractivity (Wildman–Crippen MR) is 59.6 cm³/mol. The van der Waals surface area contributed by atoms with Crippen LogP contribution >= 0.6 is 0 Å². The van der Waals surface area contributed by atoms with E-state index in [2.05, 4.69) is 19.1 Å². The van der Waals surface area contributed by atoms with Crippen molar-refractivity contribution in [2.24, 2.45) is 5.73 Å². The quantitative estimate of drug-likeness (QED) is 0.704. The molecule has 0 bridgehead atoms. The van der Waals surface area contributed by atoms with E-state index in [1.807, 2.05) is 12.1 Å². The maximum atomic E-state index is 5.57. The highest BCUT2D eigenvalue weighted by molar-refractivity contribution is 5.26. The third-order valence-corrected chi connectivity index (χ3v) is 2.14. The van der Waals surface area contributed by atoms with E-state index in [4.69, 9.17) is 10.5 Å². The summed E-state index contributed by atoms with van der Waals surface area (Å²) in [4.78, 5) is 0. The van der Waals surface area contributed by atoms with Gasteiger partial charge in [0.25, 0.3) is 0 Å². The molecular formula is C12H19NO. The maximum absolute atomic E-state index is 5.57. The van der Waals surface area contributed by atoms with Gasteiger partial charge in [-0.1, -0.05) is 17.7 Å². The molecule has 0 radical (unpaired) electrons. The Labute approximate surface area is 86.1 Å². The first kappa shape index (κ1) is 11.1. The van der Waals surface area contributed by atoms with Crippen molar-refractivity contribution in [2.75, 3.05) is 13.2 Å². The monoisotopic (exact) mass is 193 g/mol. The molecule has 2 heteroatoms. The highest BCUT2D eigenvalue weighted by Gasteiger charge is 1.92. The van der Waals surface area contributed by atoms with Crippen LogP contribution in [0.15, 0.2) is 24.3 Å². The molecule has 0 spiro atoms. The third-order valence-electron chi connectivity index (χ3n) is 2.14. The number of hydrogen-bond acceptors (Lipinski definition) is 2. The zero-order valence-corrected chi connectivity index (χ0v) is 8.83. The van der Waals surface area contributed by atoms with Crippen LogP contribution in [0.2, 0.25) is 0 Å². The molecule has 0 aromatic heterocycles. The fourth-order valence-electron chi connectivity index (χ4n) is 1.25. The maximum Gasteiger partial charge on any atom is 0.119 e. The molecule has 14 heavy (non-hydrogen) atoms. The van der Waals surface area contributed by atoms with Crippen molar-refractivity contribution in [2.45, 2.75) is 26.2 Å². The molecule has 78 valence electrons. The Kier molecular flexibility index (Phi) is 5.08. The lowest BCUT2D eigenvalue weighted by atomic mass is 10.2. The number of rotatable bonds is 6. The number of hydrogen-bond donors (Lipinski definition) is 1. The highest BCUT2D eigenvalue weighted by atomic mass is 16.5. The van der Waals surface area contributed by atoms with Gasteiger partial charge in [0, 0.05) is 0 Å².